The average Bonchev–Trinajstić information content (AvgIpc) is 3.47. The molecule has 0 unspecified atom stereocenters. The van der Waals surface area contributed by atoms with Crippen molar-refractivity contribution in [1.29, 1.82) is 0 Å². The number of ketones is 1. The van der Waals surface area contributed by atoms with Gasteiger partial charge in [-0.05, 0) is 48.4 Å². The highest BCUT2D eigenvalue weighted by atomic mass is 19.1. The van der Waals surface area contributed by atoms with E-state index < -0.39 is 5.82 Å². The Morgan fingerprint density at radius 3 is 2.78 bits per heavy atom. The molecule has 11 heteroatoms. The lowest BCUT2D eigenvalue weighted by molar-refractivity contribution is 0.0929. The van der Waals surface area contributed by atoms with E-state index in [1.807, 2.05) is 20.8 Å². The van der Waals surface area contributed by atoms with Gasteiger partial charge in [-0.3, -0.25) is 9.48 Å². The van der Waals surface area contributed by atoms with Crippen molar-refractivity contribution >= 4 is 17.5 Å². The van der Waals surface area contributed by atoms with Gasteiger partial charge in [0.15, 0.2) is 17.5 Å². The van der Waals surface area contributed by atoms with Gasteiger partial charge in [-0.2, -0.15) is 15.1 Å². The Labute approximate surface area is 213 Å². The van der Waals surface area contributed by atoms with E-state index >= 15 is 4.39 Å². The van der Waals surface area contributed by atoms with Gasteiger partial charge in [-0.25, -0.2) is 14.4 Å². The smallest absolute Gasteiger partial charge is 0.294 e. The van der Waals surface area contributed by atoms with E-state index in [1.54, 1.807) is 30.1 Å². The van der Waals surface area contributed by atoms with Gasteiger partial charge >= 0.3 is 0 Å². The van der Waals surface area contributed by atoms with Gasteiger partial charge in [0.2, 0.25) is 11.7 Å². The van der Waals surface area contributed by atoms with Crippen LogP contribution in [0.15, 0.2) is 35.2 Å². The summed E-state index contributed by atoms with van der Waals surface area (Å²) in [5, 5.41) is 11.2. The number of rotatable bonds is 6. The summed E-state index contributed by atoms with van der Waals surface area (Å²) in [6.45, 7) is 5.87. The number of hydrogen-bond donors (Lipinski definition) is 1. The molecule has 3 aromatic heterocycles. The molecule has 0 bridgehead atoms. The number of anilines is 2. The number of nitrogens with one attached hydrogen (secondary N) is 1. The summed E-state index contributed by atoms with van der Waals surface area (Å²) in [7, 11) is 1.81. The molecular formula is C26H29FN8O2. The van der Waals surface area contributed by atoms with E-state index in [1.165, 1.54) is 12.4 Å². The Balaban J connectivity index is 1.40. The molecule has 4 aromatic rings. The van der Waals surface area contributed by atoms with E-state index in [2.05, 4.69) is 35.5 Å². The molecule has 0 radical (unpaired) electrons. The van der Waals surface area contributed by atoms with Crippen LogP contribution in [0.3, 0.4) is 0 Å². The zero-order chi connectivity index (χ0) is 26.2. The molecule has 0 spiro atoms. The zero-order valence-electron chi connectivity index (χ0n) is 21.3. The molecular weight excluding hydrogens is 475 g/mol. The molecule has 1 aliphatic carbocycles. The van der Waals surface area contributed by atoms with Gasteiger partial charge in [-0.15, -0.1) is 0 Å². The van der Waals surface area contributed by atoms with Crippen molar-refractivity contribution in [1.82, 2.24) is 34.9 Å². The lowest BCUT2D eigenvalue weighted by Gasteiger charge is -2.18. The molecule has 1 aliphatic rings. The van der Waals surface area contributed by atoms with Crippen molar-refractivity contribution in [2.45, 2.75) is 64.2 Å². The van der Waals surface area contributed by atoms with Crippen molar-refractivity contribution in [3.63, 3.8) is 0 Å². The molecule has 0 fully saturated rings. The maximum absolute atomic E-state index is 15.5. The lowest BCUT2D eigenvalue weighted by Crippen LogP contribution is -2.14. The molecule has 3 heterocycles. The van der Waals surface area contributed by atoms with Crippen LogP contribution in [0.1, 0.15) is 80.0 Å². The summed E-state index contributed by atoms with van der Waals surface area (Å²) in [5.41, 5.74) is 1.80. The third-order valence-corrected chi connectivity index (χ3v) is 6.45. The first-order valence-corrected chi connectivity index (χ1v) is 12.3. The molecule has 1 aromatic carbocycles. The highest BCUT2D eigenvalue weighted by Crippen LogP contribution is 2.37. The van der Waals surface area contributed by atoms with Crippen LogP contribution in [-0.2, 0) is 18.9 Å². The Morgan fingerprint density at radius 1 is 1.22 bits per heavy atom. The van der Waals surface area contributed by atoms with Gasteiger partial charge in [0, 0.05) is 31.1 Å². The molecule has 0 saturated carbocycles. The van der Waals surface area contributed by atoms with Crippen LogP contribution in [0.4, 0.5) is 16.2 Å². The van der Waals surface area contributed by atoms with Crippen LogP contribution in [0.5, 0.6) is 0 Å². The van der Waals surface area contributed by atoms with Crippen molar-refractivity contribution in [2.75, 3.05) is 5.32 Å². The Kier molecular flexibility index (Phi) is 6.53. The second-order valence-corrected chi connectivity index (χ2v) is 10.4. The molecule has 0 aliphatic heterocycles. The van der Waals surface area contributed by atoms with Gasteiger partial charge in [0.1, 0.15) is 12.1 Å². The topological polar surface area (TPSA) is 125 Å². The second-order valence-electron chi connectivity index (χ2n) is 10.4. The Morgan fingerprint density at radius 2 is 2.05 bits per heavy atom. The van der Waals surface area contributed by atoms with Crippen molar-refractivity contribution in [3.8, 4) is 11.4 Å². The fourth-order valence-electron chi connectivity index (χ4n) is 4.51. The van der Waals surface area contributed by atoms with Crippen LogP contribution in [0, 0.1) is 5.82 Å². The van der Waals surface area contributed by atoms with Crippen LogP contribution in [0.25, 0.3) is 11.4 Å². The minimum Gasteiger partial charge on any atom is -0.331 e. The van der Waals surface area contributed by atoms with Crippen LogP contribution >= 0.6 is 0 Å². The first-order valence-electron chi connectivity index (χ1n) is 12.3. The quantitative estimate of drug-likeness (QED) is 0.288. The molecule has 5 rings (SSSR count). The third kappa shape index (κ3) is 5.40. The summed E-state index contributed by atoms with van der Waals surface area (Å²) in [6, 6.07) is 5.11. The number of Topliss-reactive ketones (excluding diaryl/α,β-unsaturated/α-hetero) is 1. The Bertz CT molecular complexity index is 1440. The molecule has 10 nitrogen and oxygen atoms in total. The first kappa shape index (κ1) is 24.7. The van der Waals surface area contributed by atoms with E-state index in [4.69, 9.17) is 4.52 Å². The van der Waals surface area contributed by atoms with Crippen molar-refractivity contribution in [3.05, 3.63) is 59.4 Å². The van der Waals surface area contributed by atoms with Crippen LogP contribution < -0.4 is 5.32 Å². The molecule has 37 heavy (non-hydrogen) atoms. The highest BCUT2D eigenvalue weighted by Gasteiger charge is 2.28. The summed E-state index contributed by atoms with van der Waals surface area (Å²) < 4.78 is 22.4. The van der Waals surface area contributed by atoms with Crippen LogP contribution in [-0.4, -0.2) is 40.7 Å². The lowest BCUT2D eigenvalue weighted by atomic mass is 9.87. The number of halogens is 1. The highest BCUT2D eigenvalue weighted by molar-refractivity contribution is 5.92. The number of hydrogen-bond acceptors (Lipinski definition) is 9. The minimum atomic E-state index is -0.444. The number of aromatic nitrogens is 7. The molecule has 192 valence electrons. The maximum atomic E-state index is 15.5. The second kappa shape index (κ2) is 9.79. The van der Waals surface area contributed by atoms with E-state index in [9.17, 15) is 4.79 Å². The summed E-state index contributed by atoms with van der Waals surface area (Å²) in [5.74, 6) is 0.757. The number of aryl methyl sites for hydroxylation is 2. The summed E-state index contributed by atoms with van der Waals surface area (Å²) in [4.78, 5) is 30.1. The third-order valence-electron chi connectivity index (χ3n) is 6.45. The number of benzene rings is 1. The van der Waals surface area contributed by atoms with Crippen molar-refractivity contribution < 1.29 is 13.7 Å². The zero-order valence-corrected chi connectivity index (χ0v) is 21.3. The average molecular weight is 505 g/mol. The minimum absolute atomic E-state index is 0.00550. The van der Waals surface area contributed by atoms with Gasteiger partial charge in [0.05, 0.1) is 5.56 Å². The van der Waals surface area contributed by atoms with Gasteiger partial charge in [0.25, 0.3) is 5.89 Å². The first-order chi connectivity index (χ1) is 17.7. The van der Waals surface area contributed by atoms with Gasteiger partial charge in [-0.1, -0.05) is 32.3 Å². The summed E-state index contributed by atoms with van der Waals surface area (Å²) in [6.07, 6.45) is 6.76. The fourth-order valence-corrected chi connectivity index (χ4v) is 4.51. The fraction of sp³-hybridized carbons (Fsp3) is 0.423. The standard InChI is InChI=1S/C26H29FN8O2/c1-26(2,3)24-32-23(37-34-24)20(36)12-16-8-6-5-7-15-11-18(19(27)13-17(15)16)22-28-14-29-25(31-22)30-21-9-10-35(4)33-21/h9-11,13-14,16H,5-8,12H2,1-4H3,(H,28,29,30,31,33)/t16-/m0/s1. The molecule has 0 saturated heterocycles. The number of carbonyl (C=O) groups excluding carboxylic acids is 1. The number of carbonyl (C=O) groups is 1. The maximum Gasteiger partial charge on any atom is 0.294 e. The number of nitrogens with zero attached hydrogens (tertiary/aromatic N) is 7. The normalized spacial score (nSPS) is 15.8. The largest absolute Gasteiger partial charge is 0.331 e. The monoisotopic (exact) mass is 504 g/mol. The molecule has 1 atom stereocenters. The molecule has 0 amide bonds. The van der Waals surface area contributed by atoms with E-state index in [0.29, 0.717) is 17.2 Å². The van der Waals surface area contributed by atoms with Crippen LogP contribution in [0.2, 0.25) is 0 Å². The number of fused-ring (bicyclic) bond motifs is 1. The summed E-state index contributed by atoms with van der Waals surface area (Å²) >= 11 is 0. The van der Waals surface area contributed by atoms with E-state index in [-0.39, 0.29) is 41.2 Å². The van der Waals surface area contributed by atoms with Gasteiger partial charge < -0.3 is 9.84 Å². The molecule has 1 N–H and O–H groups in total. The predicted octanol–water partition coefficient (Wildman–Crippen LogP) is 4.92. The Hall–Kier alpha value is -4.02. The SMILES string of the molecule is Cn1ccc(Nc2ncnc(-c3cc4c(cc3F)[C@H](CC(=O)c3nc(C(C)(C)C)no3)CCCC4)n2)n1. The van der Waals surface area contributed by atoms with Crippen molar-refractivity contribution in [2.24, 2.45) is 7.05 Å². The predicted molar refractivity (Wildman–Crippen MR) is 134 cm³/mol. The van der Waals surface area contributed by atoms with E-state index in [0.717, 1.165) is 36.8 Å².